The molecule has 90 valence electrons. The van der Waals surface area contributed by atoms with Crippen molar-refractivity contribution in [2.75, 3.05) is 0 Å². The Kier molecular flexibility index (Phi) is 4.22. The van der Waals surface area contributed by atoms with Crippen LogP contribution >= 0.6 is 38.5 Å². The maximum Gasteiger partial charge on any atom is 0.0857 e. The van der Waals surface area contributed by atoms with Crippen molar-refractivity contribution in [3.63, 3.8) is 0 Å². The second-order valence-electron chi connectivity index (χ2n) is 3.87. The van der Waals surface area contributed by atoms with Crippen LogP contribution in [-0.4, -0.2) is 14.9 Å². The van der Waals surface area contributed by atoms with Crippen LogP contribution in [0.25, 0.3) is 0 Å². The molecule has 0 aliphatic heterocycles. The average molecular weight is 407 g/mol. The van der Waals surface area contributed by atoms with E-state index in [0.717, 1.165) is 19.3 Å². The van der Waals surface area contributed by atoms with E-state index in [4.69, 9.17) is 0 Å². The summed E-state index contributed by atoms with van der Waals surface area (Å²) in [4.78, 5) is 0. The minimum atomic E-state index is -0.533. The zero-order valence-electron chi connectivity index (χ0n) is 9.27. The molecule has 0 spiro atoms. The topological polar surface area (TPSA) is 38.0 Å². The summed E-state index contributed by atoms with van der Waals surface area (Å²) in [6.45, 7) is 0. The third-order valence-electron chi connectivity index (χ3n) is 2.49. The molecule has 5 heteroatoms. The first-order valence-electron chi connectivity index (χ1n) is 5.18. The van der Waals surface area contributed by atoms with E-state index < -0.39 is 6.10 Å². The summed E-state index contributed by atoms with van der Waals surface area (Å²) in [5.74, 6) is 0. The quantitative estimate of drug-likeness (QED) is 0.795. The molecule has 1 heterocycles. The van der Waals surface area contributed by atoms with Crippen LogP contribution < -0.4 is 0 Å². The van der Waals surface area contributed by atoms with E-state index in [2.05, 4.69) is 43.6 Å². The van der Waals surface area contributed by atoms with Gasteiger partial charge < -0.3 is 5.11 Å². The predicted molar refractivity (Wildman–Crippen MR) is 78.7 cm³/mol. The number of aryl methyl sites for hydroxylation is 1. The lowest BCUT2D eigenvalue weighted by atomic mass is 10.1. The maximum atomic E-state index is 10.2. The Morgan fingerprint density at radius 3 is 2.88 bits per heavy atom. The lowest BCUT2D eigenvalue weighted by molar-refractivity contribution is 0.176. The Morgan fingerprint density at radius 2 is 2.24 bits per heavy atom. The molecule has 0 saturated heterocycles. The zero-order chi connectivity index (χ0) is 12.4. The van der Waals surface area contributed by atoms with Crippen LogP contribution in [0, 0.1) is 3.57 Å². The van der Waals surface area contributed by atoms with Crippen LogP contribution in [0.2, 0.25) is 0 Å². The van der Waals surface area contributed by atoms with Crippen molar-refractivity contribution in [3.8, 4) is 0 Å². The van der Waals surface area contributed by atoms with E-state index in [1.54, 1.807) is 4.68 Å². The van der Waals surface area contributed by atoms with Crippen molar-refractivity contribution in [3.05, 3.63) is 49.8 Å². The second kappa shape index (κ2) is 5.49. The molecule has 1 aromatic heterocycles. The number of aliphatic hydroxyl groups excluding tert-OH is 1. The fraction of sp³-hybridized carbons (Fsp3) is 0.250. The van der Waals surface area contributed by atoms with Crippen molar-refractivity contribution in [2.45, 2.75) is 12.5 Å². The molecule has 0 amide bonds. The number of nitrogens with zero attached hydrogens (tertiary/aromatic N) is 2. The molecule has 1 aromatic carbocycles. The van der Waals surface area contributed by atoms with Gasteiger partial charge in [-0.2, -0.15) is 5.10 Å². The number of aliphatic hydroxyl groups is 1. The number of halogens is 2. The lowest BCUT2D eigenvalue weighted by Crippen LogP contribution is -2.04. The number of rotatable bonds is 3. The fourth-order valence-electron chi connectivity index (χ4n) is 1.65. The molecule has 0 saturated carbocycles. The van der Waals surface area contributed by atoms with E-state index in [0.29, 0.717) is 6.42 Å². The first-order valence-corrected chi connectivity index (χ1v) is 7.05. The summed E-state index contributed by atoms with van der Waals surface area (Å²) in [5.41, 5.74) is 1.80. The first kappa shape index (κ1) is 13.0. The van der Waals surface area contributed by atoms with Crippen LogP contribution in [-0.2, 0) is 13.5 Å². The molecule has 1 atom stereocenters. The van der Waals surface area contributed by atoms with Crippen molar-refractivity contribution in [1.82, 2.24) is 9.78 Å². The highest BCUT2D eigenvalue weighted by Gasteiger charge is 2.13. The maximum absolute atomic E-state index is 10.2. The van der Waals surface area contributed by atoms with Crippen LogP contribution in [0.3, 0.4) is 0 Å². The molecule has 1 unspecified atom stereocenters. The van der Waals surface area contributed by atoms with Crippen LogP contribution in [0.5, 0.6) is 0 Å². The van der Waals surface area contributed by atoms with Gasteiger partial charge in [0.1, 0.15) is 0 Å². The van der Waals surface area contributed by atoms with Gasteiger partial charge in [0.05, 0.1) is 11.8 Å². The van der Waals surface area contributed by atoms with Crippen molar-refractivity contribution >= 4 is 38.5 Å². The van der Waals surface area contributed by atoms with Crippen LogP contribution in [0.15, 0.2) is 34.9 Å². The molecular weight excluding hydrogens is 395 g/mol. The summed E-state index contributed by atoms with van der Waals surface area (Å²) in [5, 5.41) is 14.5. The van der Waals surface area contributed by atoms with Crippen molar-refractivity contribution in [2.24, 2.45) is 7.05 Å². The number of benzene rings is 1. The summed E-state index contributed by atoms with van der Waals surface area (Å²) in [7, 11) is 1.87. The molecule has 0 fully saturated rings. The standard InChI is InChI=1S/C12H12BrIN2O/c1-16-5-4-9(15-16)7-12(17)10-6-8(14)2-3-11(10)13/h2-6,12,17H,7H2,1H3. The molecule has 17 heavy (non-hydrogen) atoms. The van der Waals surface area contributed by atoms with Gasteiger partial charge in [0, 0.05) is 27.7 Å². The lowest BCUT2D eigenvalue weighted by Gasteiger charge is -2.12. The summed E-state index contributed by atoms with van der Waals surface area (Å²) >= 11 is 5.70. The van der Waals surface area contributed by atoms with E-state index in [9.17, 15) is 5.11 Å². The minimum Gasteiger partial charge on any atom is -0.388 e. The van der Waals surface area contributed by atoms with Gasteiger partial charge in [-0.15, -0.1) is 0 Å². The first-order chi connectivity index (χ1) is 8.06. The molecule has 2 rings (SSSR count). The molecule has 0 aliphatic carbocycles. The van der Waals surface area contributed by atoms with Gasteiger partial charge in [-0.05, 0) is 52.4 Å². The fourth-order valence-corrected chi connectivity index (χ4v) is 2.68. The Bertz CT molecular complexity index is 527. The molecule has 3 nitrogen and oxygen atoms in total. The van der Waals surface area contributed by atoms with Crippen molar-refractivity contribution in [1.29, 1.82) is 0 Å². The van der Waals surface area contributed by atoms with Crippen LogP contribution in [0.4, 0.5) is 0 Å². The van der Waals surface area contributed by atoms with Gasteiger partial charge >= 0.3 is 0 Å². The van der Waals surface area contributed by atoms with Gasteiger partial charge in [-0.25, -0.2) is 0 Å². The van der Waals surface area contributed by atoms with E-state index in [1.165, 1.54) is 0 Å². The molecule has 2 aromatic rings. The number of hydrogen-bond donors (Lipinski definition) is 1. The van der Waals surface area contributed by atoms with Gasteiger partial charge in [0.2, 0.25) is 0 Å². The van der Waals surface area contributed by atoms with Crippen molar-refractivity contribution < 1.29 is 5.11 Å². The van der Waals surface area contributed by atoms with E-state index >= 15 is 0 Å². The predicted octanol–water partition coefficient (Wildman–Crippen LogP) is 3.06. The Morgan fingerprint density at radius 1 is 1.47 bits per heavy atom. The number of aromatic nitrogens is 2. The third-order valence-corrected chi connectivity index (χ3v) is 3.88. The molecule has 1 N–H and O–H groups in total. The monoisotopic (exact) mass is 406 g/mol. The molecule has 0 bridgehead atoms. The smallest absolute Gasteiger partial charge is 0.0857 e. The largest absolute Gasteiger partial charge is 0.388 e. The summed E-state index contributed by atoms with van der Waals surface area (Å²) < 4.78 is 3.79. The molecule has 0 radical (unpaired) electrons. The number of hydrogen-bond acceptors (Lipinski definition) is 2. The third kappa shape index (κ3) is 3.29. The Labute approximate surface area is 122 Å². The van der Waals surface area contributed by atoms with Gasteiger partial charge in [-0.3, -0.25) is 4.68 Å². The highest BCUT2D eigenvalue weighted by molar-refractivity contribution is 14.1. The average Bonchev–Trinajstić information content (AvgIpc) is 2.67. The van der Waals surface area contributed by atoms with Gasteiger partial charge in [-0.1, -0.05) is 15.9 Å². The molecule has 0 aliphatic rings. The van der Waals surface area contributed by atoms with E-state index in [1.807, 2.05) is 37.5 Å². The zero-order valence-corrected chi connectivity index (χ0v) is 13.0. The summed E-state index contributed by atoms with van der Waals surface area (Å²) in [6.07, 6.45) is 1.87. The Hall–Kier alpha value is -0.400. The Balaban J connectivity index is 2.19. The molecular formula is C12H12BrIN2O. The van der Waals surface area contributed by atoms with Gasteiger partial charge in [0.15, 0.2) is 0 Å². The highest BCUT2D eigenvalue weighted by atomic mass is 127. The normalized spacial score (nSPS) is 12.7. The highest BCUT2D eigenvalue weighted by Crippen LogP contribution is 2.27. The van der Waals surface area contributed by atoms with E-state index in [-0.39, 0.29) is 0 Å². The van der Waals surface area contributed by atoms with Gasteiger partial charge in [0.25, 0.3) is 0 Å². The van der Waals surface area contributed by atoms with Crippen LogP contribution in [0.1, 0.15) is 17.4 Å². The minimum absolute atomic E-state index is 0.527. The second-order valence-corrected chi connectivity index (χ2v) is 5.97. The SMILES string of the molecule is Cn1ccc(CC(O)c2cc(I)ccc2Br)n1. The summed E-state index contributed by atoms with van der Waals surface area (Å²) in [6, 6.07) is 7.86.